The Morgan fingerprint density at radius 3 is 2.21 bits per heavy atom. The summed E-state index contributed by atoms with van der Waals surface area (Å²) in [5.41, 5.74) is 7.81. The van der Waals surface area contributed by atoms with E-state index in [0.29, 0.717) is 18.9 Å². The van der Waals surface area contributed by atoms with Crippen LogP contribution in [0.3, 0.4) is 0 Å². The summed E-state index contributed by atoms with van der Waals surface area (Å²) in [7, 11) is 0. The molecule has 0 aliphatic rings. The van der Waals surface area contributed by atoms with Gasteiger partial charge >= 0.3 is 0 Å². The molecule has 2 N–H and O–H groups in total. The van der Waals surface area contributed by atoms with Gasteiger partial charge in [-0.2, -0.15) is 0 Å². The van der Waals surface area contributed by atoms with Crippen molar-refractivity contribution in [2.24, 2.45) is 0 Å². The lowest BCUT2D eigenvalue weighted by atomic mass is 10.2. The summed E-state index contributed by atoms with van der Waals surface area (Å²) in [6.07, 6.45) is 1.83. The number of nitrogen functional groups attached to an aromatic ring is 1. The van der Waals surface area contributed by atoms with Gasteiger partial charge in [-0.25, -0.2) is 4.98 Å². The molecule has 0 aromatic carbocycles. The van der Waals surface area contributed by atoms with Crippen LogP contribution >= 0.6 is 0 Å². The van der Waals surface area contributed by atoms with Gasteiger partial charge in [0.1, 0.15) is 0 Å². The zero-order valence-electron chi connectivity index (χ0n) is 12.2. The Morgan fingerprint density at radius 2 is 1.74 bits per heavy atom. The molecule has 1 rings (SSSR count). The molecule has 19 heavy (non-hydrogen) atoms. The molecule has 0 atom stereocenters. The number of ether oxygens (including phenoxy) is 2. The van der Waals surface area contributed by atoms with Crippen LogP contribution in [0, 0.1) is 6.92 Å². The standard InChI is InChI=1S/C14H25N3O2/c1-4-18-8-6-17(7-9-19-5-2)14-13(15)10-12(3)11-16-14/h10-11H,4-9,15H2,1-3H3. The van der Waals surface area contributed by atoms with E-state index in [1.54, 1.807) is 0 Å². The number of nitrogens with two attached hydrogens (primary N) is 1. The highest BCUT2D eigenvalue weighted by atomic mass is 16.5. The van der Waals surface area contributed by atoms with Gasteiger partial charge in [0, 0.05) is 32.5 Å². The van der Waals surface area contributed by atoms with Crippen LogP contribution in [0.25, 0.3) is 0 Å². The normalized spacial score (nSPS) is 10.7. The molecule has 0 aliphatic heterocycles. The largest absolute Gasteiger partial charge is 0.396 e. The number of pyridine rings is 1. The van der Waals surface area contributed by atoms with E-state index in [4.69, 9.17) is 15.2 Å². The van der Waals surface area contributed by atoms with Gasteiger partial charge in [-0.1, -0.05) is 0 Å². The van der Waals surface area contributed by atoms with E-state index in [9.17, 15) is 0 Å². The number of aryl methyl sites for hydroxylation is 1. The van der Waals surface area contributed by atoms with Crippen molar-refractivity contribution >= 4 is 11.5 Å². The minimum Gasteiger partial charge on any atom is -0.396 e. The van der Waals surface area contributed by atoms with Gasteiger partial charge in [-0.3, -0.25) is 0 Å². The maximum absolute atomic E-state index is 6.04. The first-order valence-corrected chi connectivity index (χ1v) is 6.81. The Kier molecular flexibility index (Phi) is 7.22. The Hall–Kier alpha value is -1.33. The predicted molar refractivity (Wildman–Crippen MR) is 78.6 cm³/mol. The summed E-state index contributed by atoms with van der Waals surface area (Å²) < 4.78 is 10.8. The zero-order valence-corrected chi connectivity index (χ0v) is 12.2. The summed E-state index contributed by atoms with van der Waals surface area (Å²) in [4.78, 5) is 6.54. The summed E-state index contributed by atoms with van der Waals surface area (Å²) in [6, 6.07) is 1.94. The van der Waals surface area contributed by atoms with E-state index >= 15 is 0 Å². The Morgan fingerprint density at radius 1 is 1.16 bits per heavy atom. The highest BCUT2D eigenvalue weighted by Crippen LogP contribution is 2.20. The molecule has 108 valence electrons. The smallest absolute Gasteiger partial charge is 0.151 e. The van der Waals surface area contributed by atoms with E-state index in [0.717, 1.165) is 37.7 Å². The molecule has 5 heteroatoms. The minimum absolute atomic E-state index is 0.664. The third-order valence-electron chi connectivity index (χ3n) is 2.75. The summed E-state index contributed by atoms with van der Waals surface area (Å²) in [5.74, 6) is 0.810. The molecule has 0 spiro atoms. The van der Waals surface area contributed by atoms with Crippen molar-refractivity contribution in [1.29, 1.82) is 0 Å². The number of hydrogen-bond acceptors (Lipinski definition) is 5. The average molecular weight is 267 g/mol. The molecule has 0 bridgehead atoms. The van der Waals surface area contributed by atoms with Crippen LogP contribution < -0.4 is 10.6 Å². The van der Waals surface area contributed by atoms with Gasteiger partial charge in [0.25, 0.3) is 0 Å². The van der Waals surface area contributed by atoms with Crippen molar-refractivity contribution < 1.29 is 9.47 Å². The van der Waals surface area contributed by atoms with Gasteiger partial charge in [0.15, 0.2) is 5.82 Å². The predicted octanol–water partition coefficient (Wildman–Crippen LogP) is 1.85. The van der Waals surface area contributed by atoms with E-state index in [2.05, 4.69) is 9.88 Å². The van der Waals surface area contributed by atoms with Gasteiger partial charge in [-0.15, -0.1) is 0 Å². The molecular formula is C14H25N3O2. The van der Waals surface area contributed by atoms with Crippen LogP contribution in [0.4, 0.5) is 11.5 Å². The zero-order chi connectivity index (χ0) is 14.1. The lowest BCUT2D eigenvalue weighted by molar-refractivity contribution is 0.141. The van der Waals surface area contributed by atoms with Gasteiger partial charge in [0.2, 0.25) is 0 Å². The number of anilines is 2. The van der Waals surface area contributed by atoms with Crippen LogP contribution in [0.5, 0.6) is 0 Å². The SMILES string of the molecule is CCOCCN(CCOCC)c1ncc(C)cc1N. The summed E-state index contributed by atoms with van der Waals surface area (Å²) in [6.45, 7) is 10.3. The van der Waals surface area contributed by atoms with Crippen LogP contribution in [0.1, 0.15) is 19.4 Å². The van der Waals surface area contributed by atoms with Gasteiger partial charge in [0.05, 0.1) is 18.9 Å². The van der Waals surface area contributed by atoms with E-state index in [1.165, 1.54) is 0 Å². The first kappa shape index (κ1) is 15.7. The molecular weight excluding hydrogens is 242 g/mol. The maximum atomic E-state index is 6.04. The first-order chi connectivity index (χ1) is 9.19. The van der Waals surface area contributed by atoms with Crippen LogP contribution in [-0.2, 0) is 9.47 Å². The van der Waals surface area contributed by atoms with Crippen LogP contribution in [0.2, 0.25) is 0 Å². The molecule has 5 nitrogen and oxygen atoms in total. The van der Waals surface area contributed by atoms with Crippen molar-refractivity contribution in [2.45, 2.75) is 20.8 Å². The molecule has 1 aromatic heterocycles. The highest BCUT2D eigenvalue weighted by molar-refractivity contribution is 5.63. The Bertz CT molecular complexity index is 362. The van der Waals surface area contributed by atoms with E-state index in [1.807, 2.05) is 33.0 Å². The second-order valence-electron chi connectivity index (χ2n) is 4.31. The van der Waals surface area contributed by atoms with Gasteiger partial charge < -0.3 is 20.1 Å². The van der Waals surface area contributed by atoms with Crippen molar-refractivity contribution in [3.05, 3.63) is 17.8 Å². The second kappa shape index (κ2) is 8.72. The lowest BCUT2D eigenvalue weighted by Gasteiger charge is -2.24. The summed E-state index contributed by atoms with van der Waals surface area (Å²) in [5, 5.41) is 0. The third-order valence-corrected chi connectivity index (χ3v) is 2.75. The lowest BCUT2D eigenvalue weighted by Crippen LogP contribution is -2.32. The topological polar surface area (TPSA) is 60.6 Å². The quantitative estimate of drug-likeness (QED) is 0.692. The number of rotatable bonds is 9. The first-order valence-electron chi connectivity index (χ1n) is 6.81. The fraction of sp³-hybridized carbons (Fsp3) is 0.643. The molecule has 0 fully saturated rings. The van der Waals surface area contributed by atoms with Crippen molar-refractivity contribution in [3.8, 4) is 0 Å². The summed E-state index contributed by atoms with van der Waals surface area (Å²) >= 11 is 0. The van der Waals surface area contributed by atoms with Gasteiger partial charge in [-0.05, 0) is 32.4 Å². The second-order valence-corrected chi connectivity index (χ2v) is 4.31. The molecule has 0 radical (unpaired) electrons. The molecule has 0 saturated heterocycles. The van der Waals surface area contributed by atoms with Crippen molar-refractivity contribution in [3.63, 3.8) is 0 Å². The molecule has 0 amide bonds. The van der Waals surface area contributed by atoms with Crippen molar-refractivity contribution in [2.75, 3.05) is 50.2 Å². The number of aromatic nitrogens is 1. The molecule has 0 saturated carbocycles. The Labute approximate surface area is 115 Å². The Balaban J connectivity index is 2.69. The number of nitrogens with zero attached hydrogens (tertiary/aromatic N) is 2. The fourth-order valence-corrected chi connectivity index (χ4v) is 1.81. The average Bonchev–Trinajstić information content (AvgIpc) is 2.38. The van der Waals surface area contributed by atoms with Crippen molar-refractivity contribution in [1.82, 2.24) is 4.98 Å². The molecule has 1 heterocycles. The maximum Gasteiger partial charge on any atom is 0.151 e. The van der Waals surface area contributed by atoms with E-state index in [-0.39, 0.29) is 0 Å². The minimum atomic E-state index is 0.664. The third kappa shape index (κ3) is 5.44. The van der Waals surface area contributed by atoms with Crippen LogP contribution in [-0.4, -0.2) is 44.5 Å². The highest BCUT2D eigenvalue weighted by Gasteiger charge is 2.11. The molecule has 0 aliphatic carbocycles. The number of hydrogen-bond donors (Lipinski definition) is 1. The monoisotopic (exact) mass is 267 g/mol. The van der Waals surface area contributed by atoms with Crippen LogP contribution in [0.15, 0.2) is 12.3 Å². The fourth-order valence-electron chi connectivity index (χ4n) is 1.81. The molecule has 1 aromatic rings. The van der Waals surface area contributed by atoms with E-state index < -0.39 is 0 Å². The molecule has 0 unspecified atom stereocenters.